The second kappa shape index (κ2) is 13.5. The molecule has 0 radical (unpaired) electrons. The van der Waals surface area contributed by atoms with Gasteiger partial charge in [0.2, 0.25) is 11.8 Å². The molecule has 1 fully saturated rings. The smallest absolute Gasteiger partial charge is 0.264 e. The van der Waals surface area contributed by atoms with Crippen molar-refractivity contribution in [3.63, 3.8) is 0 Å². The van der Waals surface area contributed by atoms with E-state index in [1.807, 2.05) is 0 Å². The lowest BCUT2D eigenvalue weighted by atomic mass is 9.95. The van der Waals surface area contributed by atoms with Gasteiger partial charge < -0.3 is 10.2 Å². The van der Waals surface area contributed by atoms with Crippen molar-refractivity contribution in [3.8, 4) is 0 Å². The molecule has 40 heavy (non-hydrogen) atoms. The highest BCUT2D eigenvalue weighted by Crippen LogP contribution is 2.31. The fraction of sp³-hybridized carbons (Fsp3) is 0.333. The molecule has 1 unspecified atom stereocenters. The Morgan fingerprint density at radius 1 is 0.900 bits per heavy atom. The van der Waals surface area contributed by atoms with Crippen molar-refractivity contribution in [2.45, 2.75) is 62.6 Å². The number of nitrogens with zero attached hydrogens (tertiary/aromatic N) is 2. The molecule has 1 saturated carbocycles. The molecule has 2 amide bonds. The van der Waals surface area contributed by atoms with E-state index in [1.165, 1.54) is 17.0 Å². The topological polar surface area (TPSA) is 86.8 Å². The van der Waals surface area contributed by atoms with Gasteiger partial charge in [-0.05, 0) is 61.7 Å². The zero-order valence-corrected chi connectivity index (χ0v) is 24.6. The Morgan fingerprint density at radius 2 is 1.52 bits per heavy atom. The number of sulfonamides is 1. The molecule has 4 rings (SSSR count). The van der Waals surface area contributed by atoms with Crippen LogP contribution in [-0.2, 0) is 26.2 Å². The summed E-state index contributed by atoms with van der Waals surface area (Å²) in [5.41, 5.74) is 0.928. The summed E-state index contributed by atoms with van der Waals surface area (Å²) in [7, 11) is -4.17. The van der Waals surface area contributed by atoms with E-state index in [9.17, 15) is 18.0 Å². The highest BCUT2D eigenvalue weighted by atomic mass is 35.5. The number of benzene rings is 3. The van der Waals surface area contributed by atoms with Gasteiger partial charge in [0.15, 0.2) is 0 Å². The standard InChI is InChI=1S/C30H33Cl2N3O4S/c1-22(30(37)33-25-10-4-2-5-11-25)34(20-23-16-18-24(31)19-17-23)29(36)21-35(28-15-9-8-14-27(28)32)40(38,39)26-12-6-3-7-13-26/h3,6-9,12-19,22,25H,2,4-5,10-11,20-21H2,1H3,(H,33,37). The molecular weight excluding hydrogens is 569 g/mol. The van der Waals surface area contributed by atoms with E-state index in [4.69, 9.17) is 23.2 Å². The van der Waals surface area contributed by atoms with E-state index in [-0.39, 0.29) is 34.1 Å². The van der Waals surface area contributed by atoms with Crippen LogP contribution in [0.1, 0.15) is 44.6 Å². The molecule has 0 spiro atoms. The summed E-state index contributed by atoms with van der Waals surface area (Å²) in [5.74, 6) is -0.815. The summed E-state index contributed by atoms with van der Waals surface area (Å²) < 4.78 is 28.6. The quantitative estimate of drug-likeness (QED) is 0.306. The van der Waals surface area contributed by atoms with Crippen molar-refractivity contribution in [1.29, 1.82) is 0 Å². The zero-order valence-electron chi connectivity index (χ0n) is 22.3. The first kappa shape index (κ1) is 29.9. The van der Waals surface area contributed by atoms with Crippen molar-refractivity contribution in [1.82, 2.24) is 10.2 Å². The third-order valence-electron chi connectivity index (χ3n) is 7.12. The van der Waals surface area contributed by atoms with Crippen LogP contribution in [0.4, 0.5) is 5.69 Å². The molecule has 3 aromatic rings. The monoisotopic (exact) mass is 601 g/mol. The van der Waals surface area contributed by atoms with Crippen LogP contribution < -0.4 is 9.62 Å². The van der Waals surface area contributed by atoms with Crippen LogP contribution in [0.25, 0.3) is 0 Å². The maximum Gasteiger partial charge on any atom is 0.264 e. The molecule has 3 aromatic carbocycles. The van der Waals surface area contributed by atoms with Gasteiger partial charge in [-0.3, -0.25) is 13.9 Å². The number of amides is 2. The molecule has 0 aromatic heterocycles. The highest BCUT2D eigenvalue weighted by molar-refractivity contribution is 7.92. The maximum absolute atomic E-state index is 14.0. The van der Waals surface area contributed by atoms with Gasteiger partial charge in [-0.1, -0.05) is 84.9 Å². The van der Waals surface area contributed by atoms with E-state index in [2.05, 4.69) is 5.32 Å². The van der Waals surface area contributed by atoms with E-state index in [1.54, 1.807) is 73.7 Å². The van der Waals surface area contributed by atoms with Gasteiger partial charge in [-0.15, -0.1) is 0 Å². The Labute approximate surface area is 246 Å². The average Bonchev–Trinajstić information content (AvgIpc) is 2.96. The fourth-order valence-corrected chi connectivity index (χ4v) is 6.69. The molecule has 7 nitrogen and oxygen atoms in total. The first-order valence-corrected chi connectivity index (χ1v) is 15.5. The Balaban J connectivity index is 1.67. The van der Waals surface area contributed by atoms with Crippen LogP contribution in [0.2, 0.25) is 10.0 Å². The minimum absolute atomic E-state index is 0.0232. The second-order valence-corrected chi connectivity index (χ2v) is 12.6. The third-order valence-corrected chi connectivity index (χ3v) is 9.46. The second-order valence-electron chi connectivity index (χ2n) is 9.94. The van der Waals surface area contributed by atoms with Crippen LogP contribution >= 0.6 is 23.2 Å². The van der Waals surface area contributed by atoms with Gasteiger partial charge in [-0.2, -0.15) is 0 Å². The lowest BCUT2D eigenvalue weighted by Crippen LogP contribution is -2.53. The minimum atomic E-state index is -4.17. The van der Waals surface area contributed by atoms with Crippen LogP contribution in [0.15, 0.2) is 83.8 Å². The molecule has 0 saturated heterocycles. The fourth-order valence-electron chi connectivity index (χ4n) is 4.82. The summed E-state index contributed by atoms with van der Waals surface area (Å²) in [4.78, 5) is 28.8. The molecule has 1 aliphatic rings. The molecule has 0 heterocycles. The number of para-hydroxylation sites is 1. The molecule has 212 valence electrons. The molecule has 1 N–H and O–H groups in total. The van der Waals surface area contributed by atoms with Crippen LogP contribution in [0.5, 0.6) is 0 Å². The van der Waals surface area contributed by atoms with Gasteiger partial charge >= 0.3 is 0 Å². The summed E-state index contributed by atoms with van der Waals surface area (Å²) in [6.07, 6.45) is 5.06. The van der Waals surface area contributed by atoms with E-state index >= 15 is 0 Å². The largest absolute Gasteiger partial charge is 0.352 e. The van der Waals surface area contributed by atoms with Crippen LogP contribution in [0, 0.1) is 0 Å². The molecule has 10 heteroatoms. The normalized spacial score (nSPS) is 14.8. The average molecular weight is 603 g/mol. The lowest BCUT2D eigenvalue weighted by Gasteiger charge is -2.33. The Hall–Kier alpha value is -3.07. The third kappa shape index (κ3) is 7.36. The first-order chi connectivity index (χ1) is 19.2. The van der Waals surface area contributed by atoms with Crippen LogP contribution in [-0.4, -0.2) is 43.8 Å². The summed E-state index contributed by atoms with van der Waals surface area (Å²) in [5, 5.41) is 3.82. The van der Waals surface area contributed by atoms with Crippen molar-refractivity contribution in [2.24, 2.45) is 0 Å². The SMILES string of the molecule is CC(C(=O)NC1CCCCC1)N(Cc1ccc(Cl)cc1)C(=O)CN(c1ccccc1Cl)S(=O)(=O)c1ccccc1. The number of carbonyl (C=O) groups is 2. The van der Waals surface area contributed by atoms with Gasteiger partial charge in [0.1, 0.15) is 12.6 Å². The molecule has 0 bridgehead atoms. The van der Waals surface area contributed by atoms with Gasteiger partial charge in [0.25, 0.3) is 10.0 Å². The van der Waals surface area contributed by atoms with Gasteiger partial charge in [0.05, 0.1) is 15.6 Å². The van der Waals surface area contributed by atoms with Crippen molar-refractivity contribution < 1.29 is 18.0 Å². The maximum atomic E-state index is 14.0. The van der Waals surface area contributed by atoms with E-state index in [0.29, 0.717) is 5.02 Å². The Bertz CT molecular complexity index is 1410. The molecule has 0 aliphatic heterocycles. The van der Waals surface area contributed by atoms with Crippen molar-refractivity contribution in [2.75, 3.05) is 10.8 Å². The predicted octanol–water partition coefficient (Wildman–Crippen LogP) is 6.05. The summed E-state index contributed by atoms with van der Waals surface area (Å²) >= 11 is 12.5. The lowest BCUT2D eigenvalue weighted by molar-refractivity contribution is -0.139. The highest BCUT2D eigenvalue weighted by Gasteiger charge is 2.33. The van der Waals surface area contributed by atoms with E-state index in [0.717, 1.165) is 42.0 Å². The first-order valence-electron chi connectivity index (χ1n) is 13.3. The predicted molar refractivity (Wildman–Crippen MR) is 159 cm³/mol. The van der Waals surface area contributed by atoms with Crippen molar-refractivity contribution >= 4 is 50.7 Å². The number of rotatable bonds is 10. The number of anilines is 1. The molecular formula is C30H33Cl2N3O4S. The van der Waals surface area contributed by atoms with Gasteiger partial charge in [-0.25, -0.2) is 8.42 Å². The Morgan fingerprint density at radius 3 is 2.17 bits per heavy atom. The summed E-state index contributed by atoms with van der Waals surface area (Å²) in [6, 6.07) is 20.5. The molecule has 1 atom stereocenters. The number of carbonyl (C=O) groups excluding carboxylic acids is 2. The van der Waals surface area contributed by atoms with Crippen LogP contribution in [0.3, 0.4) is 0 Å². The van der Waals surface area contributed by atoms with Crippen molar-refractivity contribution in [3.05, 3.63) is 94.5 Å². The minimum Gasteiger partial charge on any atom is -0.352 e. The Kier molecular flexibility index (Phi) is 10.1. The number of nitrogens with one attached hydrogen (secondary N) is 1. The summed E-state index contributed by atoms with van der Waals surface area (Å²) in [6.45, 7) is 1.21. The van der Waals surface area contributed by atoms with Gasteiger partial charge in [0, 0.05) is 17.6 Å². The number of hydrogen-bond donors (Lipinski definition) is 1. The number of hydrogen-bond acceptors (Lipinski definition) is 4. The zero-order chi connectivity index (χ0) is 28.7. The number of halogens is 2. The molecule has 1 aliphatic carbocycles. The van der Waals surface area contributed by atoms with E-state index < -0.39 is 28.5 Å².